The summed E-state index contributed by atoms with van der Waals surface area (Å²) in [7, 11) is 0. The number of benzene rings is 1. The van der Waals surface area contributed by atoms with Gasteiger partial charge in [0.2, 0.25) is 5.91 Å². The van der Waals surface area contributed by atoms with Crippen LogP contribution in [0.3, 0.4) is 0 Å². The van der Waals surface area contributed by atoms with E-state index in [2.05, 4.69) is 5.32 Å². The van der Waals surface area contributed by atoms with Crippen LogP contribution in [0.5, 0.6) is 5.75 Å². The lowest BCUT2D eigenvalue weighted by atomic mass is 10.2. The summed E-state index contributed by atoms with van der Waals surface area (Å²) in [5.74, 6) is -0.797. The van der Waals surface area contributed by atoms with E-state index in [1.165, 1.54) is 16.2 Å². The van der Waals surface area contributed by atoms with E-state index in [9.17, 15) is 14.4 Å². The Morgan fingerprint density at radius 3 is 2.82 bits per heavy atom. The lowest BCUT2D eigenvalue weighted by molar-refractivity contribution is -0.123. The van der Waals surface area contributed by atoms with Crippen LogP contribution in [-0.2, 0) is 20.7 Å². The summed E-state index contributed by atoms with van der Waals surface area (Å²) in [5, 5.41) is 3.57. The molecule has 1 aromatic heterocycles. The largest absolute Gasteiger partial charge is 0.482 e. The van der Waals surface area contributed by atoms with Gasteiger partial charge in [-0.1, -0.05) is 18.5 Å². The Hall–Kier alpha value is -2.58. The number of halogens is 1. The first kappa shape index (κ1) is 20.2. The molecule has 0 saturated carbocycles. The second-order valence-corrected chi connectivity index (χ2v) is 7.53. The molecule has 0 aliphatic carbocycles. The van der Waals surface area contributed by atoms with Gasteiger partial charge in [0, 0.05) is 9.90 Å². The number of nitrogens with zero attached hydrogens (tertiary/aromatic N) is 1. The van der Waals surface area contributed by atoms with E-state index >= 15 is 0 Å². The van der Waals surface area contributed by atoms with Crippen LogP contribution in [0, 0.1) is 0 Å². The van der Waals surface area contributed by atoms with E-state index < -0.39 is 11.9 Å². The Bertz CT molecular complexity index is 927. The number of nitrogens with one attached hydrogen (secondary N) is 1. The number of carbonyl (C=O) groups is 3. The fraction of sp³-hybridized carbons (Fsp3) is 0.316. The van der Waals surface area contributed by atoms with Crippen molar-refractivity contribution in [3.05, 3.63) is 39.7 Å². The van der Waals surface area contributed by atoms with Crippen LogP contribution in [0.2, 0.25) is 5.02 Å². The number of hydrogen-bond donors (Lipinski definition) is 1. The molecule has 0 unspecified atom stereocenters. The Balaban J connectivity index is 1.80. The normalized spacial score (nSPS) is 13.0. The maximum Gasteiger partial charge on any atom is 0.341 e. The predicted octanol–water partition coefficient (Wildman–Crippen LogP) is 3.50. The third-order valence-electron chi connectivity index (χ3n) is 4.05. The molecule has 0 spiro atoms. The summed E-state index contributed by atoms with van der Waals surface area (Å²) in [6.45, 7) is 3.53. The average molecular weight is 423 g/mol. The number of thiophene rings is 1. The molecule has 0 bridgehead atoms. The highest BCUT2D eigenvalue weighted by Crippen LogP contribution is 2.34. The van der Waals surface area contributed by atoms with Gasteiger partial charge in [-0.25, -0.2) is 4.79 Å². The molecule has 7 nitrogen and oxygen atoms in total. The first-order valence-corrected chi connectivity index (χ1v) is 9.94. The molecule has 9 heteroatoms. The minimum absolute atomic E-state index is 0.158. The summed E-state index contributed by atoms with van der Waals surface area (Å²) in [6.07, 6.45) is 0.723. The zero-order chi connectivity index (χ0) is 20.3. The quantitative estimate of drug-likeness (QED) is 0.720. The fourth-order valence-electron chi connectivity index (χ4n) is 2.73. The lowest BCUT2D eigenvalue weighted by Crippen LogP contribution is -2.43. The molecule has 0 atom stereocenters. The monoisotopic (exact) mass is 422 g/mol. The van der Waals surface area contributed by atoms with E-state index in [1.807, 2.05) is 6.92 Å². The molecule has 2 amide bonds. The van der Waals surface area contributed by atoms with Crippen LogP contribution < -0.4 is 15.0 Å². The van der Waals surface area contributed by atoms with Crippen molar-refractivity contribution in [2.75, 3.05) is 30.0 Å². The smallest absolute Gasteiger partial charge is 0.341 e. The molecule has 1 N–H and O–H groups in total. The van der Waals surface area contributed by atoms with Gasteiger partial charge in [-0.2, -0.15) is 0 Å². The third-order valence-corrected chi connectivity index (χ3v) is 5.48. The number of ether oxygens (including phenoxy) is 2. The van der Waals surface area contributed by atoms with Crippen LogP contribution >= 0.6 is 22.9 Å². The topological polar surface area (TPSA) is 84.9 Å². The Kier molecular flexibility index (Phi) is 6.21. The van der Waals surface area contributed by atoms with Crippen molar-refractivity contribution >= 4 is 51.4 Å². The Labute approximate surface area is 171 Å². The minimum atomic E-state index is -0.492. The molecule has 1 aliphatic heterocycles. The SMILES string of the molecule is CCOC(=O)c1cc(CC)sc1NC(=O)CN1C(=O)COc2ccc(Cl)cc21. The van der Waals surface area contributed by atoms with Crippen molar-refractivity contribution in [3.8, 4) is 5.75 Å². The molecular formula is C19H19ClN2O5S. The Morgan fingerprint density at radius 1 is 1.32 bits per heavy atom. The van der Waals surface area contributed by atoms with Gasteiger partial charge in [-0.3, -0.25) is 14.5 Å². The Morgan fingerprint density at radius 2 is 2.11 bits per heavy atom. The molecule has 148 valence electrons. The molecular weight excluding hydrogens is 404 g/mol. The van der Waals surface area contributed by atoms with Crippen LogP contribution in [0.25, 0.3) is 0 Å². The van der Waals surface area contributed by atoms with Gasteiger partial charge in [-0.15, -0.1) is 11.3 Å². The first-order chi connectivity index (χ1) is 13.4. The number of amides is 2. The van der Waals surface area contributed by atoms with Crippen molar-refractivity contribution in [2.24, 2.45) is 0 Å². The van der Waals surface area contributed by atoms with E-state index in [1.54, 1.807) is 31.2 Å². The van der Waals surface area contributed by atoms with Crippen molar-refractivity contribution in [1.82, 2.24) is 0 Å². The summed E-state index contributed by atoms with van der Waals surface area (Å²) >= 11 is 7.33. The molecule has 1 aromatic carbocycles. The fourth-order valence-corrected chi connectivity index (χ4v) is 3.89. The molecule has 2 heterocycles. The number of carbonyl (C=O) groups excluding carboxylic acids is 3. The van der Waals surface area contributed by atoms with Crippen molar-refractivity contribution in [3.63, 3.8) is 0 Å². The van der Waals surface area contributed by atoms with Crippen molar-refractivity contribution in [2.45, 2.75) is 20.3 Å². The maximum atomic E-state index is 12.6. The van der Waals surface area contributed by atoms with Gasteiger partial charge in [-0.05, 0) is 37.6 Å². The van der Waals surface area contributed by atoms with Crippen molar-refractivity contribution < 1.29 is 23.9 Å². The summed E-state index contributed by atoms with van der Waals surface area (Å²) in [5.41, 5.74) is 0.749. The van der Waals surface area contributed by atoms with Gasteiger partial charge in [0.15, 0.2) is 6.61 Å². The standard InChI is InChI=1S/C19H19ClN2O5S/c1-3-12-8-13(19(25)26-4-2)18(28-12)21-16(23)9-22-14-7-11(20)5-6-15(14)27-10-17(22)24/h5-8H,3-4,9-10H2,1-2H3,(H,21,23). The lowest BCUT2D eigenvalue weighted by Gasteiger charge is -2.28. The number of aryl methyl sites for hydroxylation is 1. The molecule has 2 aromatic rings. The molecule has 1 aliphatic rings. The first-order valence-electron chi connectivity index (χ1n) is 8.75. The maximum absolute atomic E-state index is 12.6. The second kappa shape index (κ2) is 8.62. The van der Waals surface area contributed by atoms with Crippen LogP contribution in [0.15, 0.2) is 24.3 Å². The van der Waals surface area contributed by atoms with Crippen molar-refractivity contribution in [1.29, 1.82) is 0 Å². The van der Waals surface area contributed by atoms with E-state index in [-0.39, 0.29) is 25.7 Å². The third kappa shape index (κ3) is 4.28. The van der Waals surface area contributed by atoms with Gasteiger partial charge >= 0.3 is 5.97 Å². The van der Waals surface area contributed by atoms with Crippen LogP contribution in [-0.4, -0.2) is 37.5 Å². The summed E-state index contributed by atoms with van der Waals surface area (Å²) in [4.78, 5) is 39.3. The van der Waals surface area contributed by atoms with Gasteiger partial charge in [0.25, 0.3) is 5.91 Å². The summed E-state index contributed by atoms with van der Waals surface area (Å²) < 4.78 is 10.4. The molecule has 28 heavy (non-hydrogen) atoms. The highest BCUT2D eigenvalue weighted by atomic mass is 35.5. The minimum Gasteiger partial charge on any atom is -0.482 e. The van der Waals surface area contributed by atoms with Crippen LogP contribution in [0.4, 0.5) is 10.7 Å². The van der Waals surface area contributed by atoms with Gasteiger partial charge in [0.05, 0.1) is 17.9 Å². The van der Waals surface area contributed by atoms with E-state index in [4.69, 9.17) is 21.1 Å². The zero-order valence-electron chi connectivity index (χ0n) is 15.4. The average Bonchev–Trinajstić information content (AvgIpc) is 3.07. The molecule has 0 fully saturated rings. The molecule has 0 saturated heterocycles. The zero-order valence-corrected chi connectivity index (χ0v) is 17.0. The second-order valence-electron chi connectivity index (χ2n) is 5.96. The number of esters is 1. The summed E-state index contributed by atoms with van der Waals surface area (Å²) in [6, 6.07) is 6.59. The number of fused-ring (bicyclic) bond motifs is 1. The van der Waals surface area contributed by atoms with E-state index in [0.29, 0.717) is 27.0 Å². The van der Waals surface area contributed by atoms with Gasteiger partial charge in [0.1, 0.15) is 17.3 Å². The molecule has 3 rings (SSSR count). The van der Waals surface area contributed by atoms with E-state index in [0.717, 1.165) is 11.3 Å². The predicted molar refractivity (Wildman–Crippen MR) is 108 cm³/mol. The molecule has 0 radical (unpaired) electrons. The number of rotatable bonds is 6. The van der Waals surface area contributed by atoms with Gasteiger partial charge < -0.3 is 14.8 Å². The highest BCUT2D eigenvalue weighted by Gasteiger charge is 2.28. The highest BCUT2D eigenvalue weighted by molar-refractivity contribution is 7.16. The number of anilines is 2. The number of hydrogen-bond acceptors (Lipinski definition) is 6. The van der Waals surface area contributed by atoms with Crippen LogP contribution in [0.1, 0.15) is 29.1 Å².